The second-order valence-electron chi connectivity index (χ2n) is 24.2. The molecule has 2 atom stereocenters. The third-order valence-electron chi connectivity index (χ3n) is 16.4. The number of hydrogen-bond acceptors (Lipinski definition) is 5. The van der Waals surface area contributed by atoms with E-state index in [9.17, 15) is 19.8 Å². The van der Waals surface area contributed by atoms with Crippen LogP contribution in [0.2, 0.25) is 0 Å². The van der Waals surface area contributed by atoms with E-state index in [1.54, 1.807) is 0 Å². The van der Waals surface area contributed by atoms with Gasteiger partial charge in [0.25, 0.3) is 0 Å². The topological polar surface area (TPSA) is 95.9 Å². The van der Waals surface area contributed by atoms with Crippen LogP contribution in [0.1, 0.15) is 380 Å². The molecule has 0 aliphatic heterocycles. The minimum absolute atomic E-state index is 0.00418. The van der Waals surface area contributed by atoms with Crippen LogP contribution in [-0.4, -0.2) is 47.4 Å². The van der Waals surface area contributed by atoms with Crippen molar-refractivity contribution in [2.75, 3.05) is 13.2 Å². The molecule has 2 unspecified atom stereocenters. The maximum absolute atomic E-state index is 12.5. The zero-order valence-electron chi connectivity index (χ0n) is 53.1. The molecule has 79 heavy (non-hydrogen) atoms. The Balaban J connectivity index is 3.44. The van der Waals surface area contributed by atoms with Crippen molar-refractivity contribution in [3.05, 3.63) is 48.6 Å². The van der Waals surface area contributed by atoms with Gasteiger partial charge in [0, 0.05) is 12.8 Å². The van der Waals surface area contributed by atoms with Gasteiger partial charge in [0.1, 0.15) is 0 Å². The third kappa shape index (κ3) is 64.8. The number of unbranched alkanes of at least 4 members (excludes halogenated alkanes) is 47. The molecule has 0 aromatic heterocycles. The summed E-state index contributed by atoms with van der Waals surface area (Å²) >= 11 is 0. The fraction of sp³-hybridized carbons (Fsp3) is 0.863. The number of nitrogens with one attached hydrogen (secondary N) is 1. The van der Waals surface area contributed by atoms with Crippen molar-refractivity contribution in [1.82, 2.24) is 5.32 Å². The smallest absolute Gasteiger partial charge is 0.305 e. The molecular weight excluding hydrogens is 971 g/mol. The highest BCUT2D eigenvalue weighted by atomic mass is 16.5. The summed E-state index contributed by atoms with van der Waals surface area (Å²) in [4.78, 5) is 24.6. The number of rotatable bonds is 66. The Morgan fingerprint density at radius 2 is 0.633 bits per heavy atom. The first-order chi connectivity index (χ1) is 39.0. The van der Waals surface area contributed by atoms with E-state index in [-0.39, 0.29) is 18.5 Å². The van der Waals surface area contributed by atoms with E-state index < -0.39 is 12.1 Å². The lowest BCUT2D eigenvalue weighted by Gasteiger charge is -2.22. The summed E-state index contributed by atoms with van der Waals surface area (Å²) in [5.41, 5.74) is 0. The Morgan fingerprint density at radius 1 is 0.354 bits per heavy atom. The maximum Gasteiger partial charge on any atom is 0.305 e. The molecule has 6 heteroatoms. The van der Waals surface area contributed by atoms with Crippen LogP contribution in [-0.2, 0) is 14.3 Å². The van der Waals surface area contributed by atoms with Gasteiger partial charge in [-0.05, 0) is 89.9 Å². The van der Waals surface area contributed by atoms with Crippen molar-refractivity contribution in [3.8, 4) is 0 Å². The van der Waals surface area contributed by atoms with Gasteiger partial charge >= 0.3 is 5.97 Å². The van der Waals surface area contributed by atoms with E-state index in [4.69, 9.17) is 4.74 Å². The van der Waals surface area contributed by atoms with Crippen LogP contribution >= 0.6 is 0 Å². The highest BCUT2D eigenvalue weighted by molar-refractivity contribution is 5.76. The molecule has 0 saturated carbocycles. The Labute approximate surface area is 493 Å². The lowest BCUT2D eigenvalue weighted by molar-refractivity contribution is -0.143. The van der Waals surface area contributed by atoms with Crippen LogP contribution in [0.15, 0.2) is 48.6 Å². The second kappa shape index (κ2) is 68.3. The number of hydrogen-bond donors (Lipinski definition) is 3. The molecule has 0 heterocycles. The number of carbonyl (C=O) groups is 2. The quantitative estimate of drug-likeness (QED) is 0.0320. The molecule has 0 rings (SSSR count). The standard InChI is InChI=1S/C73H137NO5/c1-3-5-7-9-11-13-15-17-19-21-22-28-31-34-37-41-45-49-53-57-61-65-71(76)70(69-75)74-72(77)66-62-58-54-50-46-42-38-35-32-29-26-24-23-25-27-30-33-36-40-44-48-52-56-60-64-68-79-73(78)67-63-59-55-51-47-43-39-20-18-16-14-12-10-8-6-4-2/h14,16,20,24-27,39,70-71,75-76H,3-13,15,17-19,21-23,28-38,40-69H2,1-2H3,(H,74,77)/b16-14-,26-24-,27-25-,39-20-. The minimum Gasteiger partial charge on any atom is -0.466 e. The second-order valence-corrected chi connectivity index (χ2v) is 24.2. The molecule has 6 nitrogen and oxygen atoms in total. The zero-order valence-corrected chi connectivity index (χ0v) is 53.1. The van der Waals surface area contributed by atoms with Gasteiger partial charge < -0.3 is 20.3 Å². The molecular formula is C73H137NO5. The Morgan fingerprint density at radius 3 is 0.975 bits per heavy atom. The lowest BCUT2D eigenvalue weighted by atomic mass is 10.0. The van der Waals surface area contributed by atoms with Crippen LogP contribution < -0.4 is 5.32 Å². The average Bonchev–Trinajstić information content (AvgIpc) is 3.45. The Hall–Kier alpha value is -2.18. The van der Waals surface area contributed by atoms with Crippen LogP contribution in [0.4, 0.5) is 0 Å². The SMILES string of the molecule is CCCCCC/C=C\C/C=C\CCCCCCCC(=O)OCCCCCCCCCCC/C=C\C/C=C\CCCCCCCCCCCC(=O)NC(CO)C(O)CCCCCCCCCCCCCCCCCCCCCCC. The number of allylic oxidation sites excluding steroid dienone is 8. The van der Waals surface area contributed by atoms with E-state index in [0.717, 1.165) is 57.8 Å². The van der Waals surface area contributed by atoms with E-state index >= 15 is 0 Å². The number of aliphatic hydroxyl groups is 2. The van der Waals surface area contributed by atoms with E-state index in [0.29, 0.717) is 25.9 Å². The molecule has 0 fully saturated rings. The summed E-state index contributed by atoms with van der Waals surface area (Å²) in [6, 6.07) is -0.548. The lowest BCUT2D eigenvalue weighted by Crippen LogP contribution is -2.45. The molecule has 0 aromatic rings. The maximum atomic E-state index is 12.5. The first kappa shape index (κ1) is 76.8. The van der Waals surface area contributed by atoms with Gasteiger partial charge in [-0.2, -0.15) is 0 Å². The van der Waals surface area contributed by atoms with E-state index in [2.05, 4.69) is 67.8 Å². The fourth-order valence-corrected chi connectivity index (χ4v) is 10.9. The van der Waals surface area contributed by atoms with Crippen molar-refractivity contribution in [3.63, 3.8) is 0 Å². The van der Waals surface area contributed by atoms with Crippen molar-refractivity contribution in [1.29, 1.82) is 0 Å². The molecule has 0 bridgehead atoms. The highest BCUT2D eigenvalue weighted by Crippen LogP contribution is 2.18. The predicted molar refractivity (Wildman–Crippen MR) is 347 cm³/mol. The number of aliphatic hydroxyl groups excluding tert-OH is 2. The first-order valence-corrected chi connectivity index (χ1v) is 35.4. The number of amides is 1. The van der Waals surface area contributed by atoms with E-state index in [1.165, 1.54) is 289 Å². The van der Waals surface area contributed by atoms with Crippen LogP contribution in [0.25, 0.3) is 0 Å². The molecule has 0 aliphatic carbocycles. The van der Waals surface area contributed by atoms with Gasteiger partial charge in [-0.1, -0.05) is 326 Å². The van der Waals surface area contributed by atoms with Gasteiger partial charge in [-0.25, -0.2) is 0 Å². The third-order valence-corrected chi connectivity index (χ3v) is 16.4. The summed E-state index contributed by atoms with van der Waals surface area (Å²) < 4.78 is 5.48. The van der Waals surface area contributed by atoms with Crippen LogP contribution in [0.5, 0.6) is 0 Å². The first-order valence-electron chi connectivity index (χ1n) is 35.4. The number of ether oxygens (including phenoxy) is 1. The molecule has 0 aromatic carbocycles. The van der Waals surface area contributed by atoms with Crippen molar-refractivity contribution >= 4 is 11.9 Å². The summed E-state index contributed by atoms with van der Waals surface area (Å²) in [6.07, 6.45) is 88.6. The average molecular weight is 1110 g/mol. The molecule has 3 N–H and O–H groups in total. The normalized spacial score (nSPS) is 12.8. The van der Waals surface area contributed by atoms with Crippen LogP contribution in [0, 0.1) is 0 Å². The Kier molecular flexibility index (Phi) is 66.4. The zero-order chi connectivity index (χ0) is 57.1. The van der Waals surface area contributed by atoms with Crippen LogP contribution in [0.3, 0.4) is 0 Å². The highest BCUT2D eigenvalue weighted by Gasteiger charge is 2.20. The van der Waals surface area contributed by atoms with Gasteiger partial charge in [0.05, 0.1) is 25.4 Å². The summed E-state index contributed by atoms with van der Waals surface area (Å²) in [5.74, 6) is -0.0421. The Bertz CT molecular complexity index is 1320. The minimum atomic E-state index is -0.670. The van der Waals surface area contributed by atoms with Gasteiger partial charge in [-0.3, -0.25) is 9.59 Å². The van der Waals surface area contributed by atoms with Crippen molar-refractivity contribution in [2.45, 2.75) is 392 Å². The molecule has 0 spiro atoms. The van der Waals surface area contributed by atoms with Crippen molar-refractivity contribution < 1.29 is 24.5 Å². The fourth-order valence-electron chi connectivity index (χ4n) is 10.9. The summed E-state index contributed by atoms with van der Waals surface area (Å²) in [5, 5.41) is 23.4. The van der Waals surface area contributed by atoms with Gasteiger partial charge in [-0.15, -0.1) is 0 Å². The molecule has 0 saturated heterocycles. The summed E-state index contributed by atoms with van der Waals surface area (Å²) in [7, 11) is 0. The summed E-state index contributed by atoms with van der Waals surface area (Å²) in [6.45, 7) is 4.95. The van der Waals surface area contributed by atoms with Gasteiger partial charge in [0.15, 0.2) is 0 Å². The number of esters is 1. The largest absolute Gasteiger partial charge is 0.466 e. The number of carbonyl (C=O) groups excluding carboxylic acids is 2. The van der Waals surface area contributed by atoms with Crippen molar-refractivity contribution in [2.24, 2.45) is 0 Å². The molecule has 0 radical (unpaired) electrons. The molecule has 1 amide bonds. The van der Waals surface area contributed by atoms with Gasteiger partial charge in [0.2, 0.25) is 5.91 Å². The predicted octanol–water partition coefficient (Wildman–Crippen LogP) is 22.9. The molecule has 464 valence electrons. The van der Waals surface area contributed by atoms with E-state index in [1.807, 2.05) is 0 Å². The molecule has 0 aliphatic rings. The monoisotopic (exact) mass is 1110 g/mol.